The lowest BCUT2D eigenvalue weighted by atomic mass is 10.1. The average Bonchev–Trinajstić information content (AvgIpc) is 2.23. The van der Waals surface area contributed by atoms with Gasteiger partial charge in [0, 0.05) is 19.2 Å². The van der Waals surface area contributed by atoms with Crippen molar-refractivity contribution >= 4 is 10.0 Å². The number of hydrogen-bond donors (Lipinski definition) is 2. The van der Waals surface area contributed by atoms with Gasteiger partial charge in [-0.2, -0.15) is 0 Å². The van der Waals surface area contributed by atoms with Crippen molar-refractivity contribution in [2.45, 2.75) is 46.2 Å². The fourth-order valence-corrected chi connectivity index (χ4v) is 2.93. The van der Waals surface area contributed by atoms with E-state index in [1.165, 1.54) is 0 Å². The molecule has 0 rings (SSSR count). The highest BCUT2D eigenvalue weighted by Gasteiger charge is 2.20. The van der Waals surface area contributed by atoms with Crippen LogP contribution in [0, 0.1) is 5.92 Å². The van der Waals surface area contributed by atoms with Crippen LogP contribution in [0.5, 0.6) is 0 Å². The summed E-state index contributed by atoms with van der Waals surface area (Å²) in [7, 11) is -1.64. The van der Waals surface area contributed by atoms with E-state index in [-0.39, 0.29) is 17.7 Å². The first kappa shape index (κ1) is 17.8. The second-order valence-corrected chi connectivity index (χ2v) is 7.08. The molecule has 110 valence electrons. The van der Waals surface area contributed by atoms with E-state index in [9.17, 15) is 8.42 Å². The van der Waals surface area contributed by atoms with Gasteiger partial charge in [-0.25, -0.2) is 13.1 Å². The van der Waals surface area contributed by atoms with Crippen LogP contribution in [0.25, 0.3) is 0 Å². The van der Waals surface area contributed by atoms with Crippen molar-refractivity contribution in [3.8, 4) is 0 Å². The van der Waals surface area contributed by atoms with Gasteiger partial charge in [0.15, 0.2) is 0 Å². The zero-order valence-electron chi connectivity index (χ0n) is 12.2. The summed E-state index contributed by atoms with van der Waals surface area (Å²) in [5.41, 5.74) is 0. The Kier molecular flexibility index (Phi) is 8.77. The molecule has 0 spiro atoms. The van der Waals surface area contributed by atoms with Crippen molar-refractivity contribution in [2.24, 2.45) is 5.92 Å². The molecule has 6 heteroatoms. The molecule has 0 heterocycles. The van der Waals surface area contributed by atoms with Crippen LogP contribution in [-0.4, -0.2) is 46.5 Å². The Labute approximate surface area is 112 Å². The molecule has 5 nitrogen and oxygen atoms in total. The Morgan fingerprint density at radius 1 is 1.17 bits per heavy atom. The molecule has 0 aliphatic carbocycles. The van der Waals surface area contributed by atoms with Gasteiger partial charge in [-0.15, -0.1) is 0 Å². The molecule has 18 heavy (non-hydrogen) atoms. The van der Waals surface area contributed by atoms with Crippen LogP contribution in [0.4, 0.5) is 0 Å². The maximum Gasteiger partial charge on any atom is 0.211 e. The van der Waals surface area contributed by atoms with Crippen LogP contribution in [0.3, 0.4) is 0 Å². The Bertz CT molecular complexity index is 302. The lowest BCUT2D eigenvalue weighted by Gasteiger charge is -2.21. The minimum atomic E-state index is -3.22. The van der Waals surface area contributed by atoms with Gasteiger partial charge in [0.25, 0.3) is 0 Å². The lowest BCUT2D eigenvalue weighted by molar-refractivity contribution is 0.157. The Hall–Kier alpha value is -0.170. The molecule has 0 saturated heterocycles. The molecule has 0 aliphatic heterocycles. The van der Waals surface area contributed by atoms with Gasteiger partial charge in [-0.3, -0.25) is 0 Å². The summed E-state index contributed by atoms with van der Waals surface area (Å²) in [5.74, 6) is 0.369. The number of ether oxygens (including phenoxy) is 1. The summed E-state index contributed by atoms with van der Waals surface area (Å²) in [6, 6.07) is 0.232. The lowest BCUT2D eigenvalue weighted by Crippen LogP contribution is -2.43. The SMILES string of the molecule is COCC(NS(=O)(=O)CCCNC(C)C)C(C)C. The predicted octanol–water partition coefficient (Wildman–Crippen LogP) is 0.965. The molecule has 0 aliphatic rings. The molecule has 0 radical (unpaired) electrons. The van der Waals surface area contributed by atoms with E-state index in [0.717, 1.165) is 6.54 Å². The first-order chi connectivity index (χ1) is 8.28. The molecule has 0 aromatic rings. The van der Waals surface area contributed by atoms with Gasteiger partial charge in [0.05, 0.1) is 12.4 Å². The second kappa shape index (κ2) is 8.85. The highest BCUT2D eigenvalue weighted by Crippen LogP contribution is 2.04. The number of hydrogen-bond acceptors (Lipinski definition) is 4. The zero-order chi connectivity index (χ0) is 14.2. The van der Waals surface area contributed by atoms with Gasteiger partial charge in [0.1, 0.15) is 0 Å². The van der Waals surface area contributed by atoms with Gasteiger partial charge in [0.2, 0.25) is 10.0 Å². The third kappa shape index (κ3) is 8.85. The Morgan fingerprint density at radius 3 is 2.22 bits per heavy atom. The highest BCUT2D eigenvalue weighted by molar-refractivity contribution is 7.89. The molecular weight excluding hydrogens is 252 g/mol. The smallest absolute Gasteiger partial charge is 0.211 e. The van der Waals surface area contributed by atoms with Crippen LogP contribution in [-0.2, 0) is 14.8 Å². The molecule has 0 aromatic carbocycles. The molecule has 0 aromatic heterocycles. The normalized spacial score (nSPS) is 14.4. The summed E-state index contributed by atoms with van der Waals surface area (Å²) in [4.78, 5) is 0. The molecule has 2 N–H and O–H groups in total. The predicted molar refractivity (Wildman–Crippen MR) is 75.2 cm³/mol. The number of methoxy groups -OCH3 is 1. The van der Waals surface area contributed by atoms with Crippen LogP contribution in [0.1, 0.15) is 34.1 Å². The number of sulfonamides is 1. The standard InChI is InChI=1S/C12H28N2O3S/c1-10(2)12(9-17-5)14-18(15,16)8-6-7-13-11(3)4/h10-14H,6-9H2,1-5H3. The Balaban J connectivity index is 4.11. The second-order valence-electron chi connectivity index (χ2n) is 5.20. The van der Waals surface area contributed by atoms with E-state index >= 15 is 0 Å². The van der Waals surface area contributed by atoms with Crippen LogP contribution >= 0.6 is 0 Å². The zero-order valence-corrected chi connectivity index (χ0v) is 13.0. The largest absolute Gasteiger partial charge is 0.383 e. The van der Waals surface area contributed by atoms with Gasteiger partial charge in [-0.1, -0.05) is 27.7 Å². The molecule has 0 saturated carbocycles. The monoisotopic (exact) mass is 280 g/mol. The minimum Gasteiger partial charge on any atom is -0.383 e. The van der Waals surface area contributed by atoms with Crippen molar-refractivity contribution in [3.63, 3.8) is 0 Å². The molecule has 0 amide bonds. The fourth-order valence-electron chi connectivity index (χ4n) is 1.48. The minimum absolute atomic E-state index is 0.152. The highest BCUT2D eigenvalue weighted by atomic mass is 32.2. The number of nitrogens with one attached hydrogen (secondary N) is 2. The van der Waals surface area contributed by atoms with E-state index < -0.39 is 10.0 Å². The van der Waals surface area contributed by atoms with Crippen LogP contribution in [0.2, 0.25) is 0 Å². The van der Waals surface area contributed by atoms with Crippen molar-refractivity contribution in [3.05, 3.63) is 0 Å². The summed E-state index contributed by atoms with van der Waals surface area (Å²) in [6.45, 7) is 9.16. The summed E-state index contributed by atoms with van der Waals surface area (Å²) in [6.07, 6.45) is 0.616. The van der Waals surface area contributed by atoms with Crippen LogP contribution < -0.4 is 10.0 Å². The van der Waals surface area contributed by atoms with E-state index in [4.69, 9.17) is 4.74 Å². The Morgan fingerprint density at radius 2 is 1.78 bits per heavy atom. The average molecular weight is 280 g/mol. The van der Waals surface area contributed by atoms with E-state index in [0.29, 0.717) is 19.1 Å². The van der Waals surface area contributed by atoms with E-state index in [1.54, 1.807) is 7.11 Å². The first-order valence-electron chi connectivity index (χ1n) is 6.50. The summed E-state index contributed by atoms with van der Waals surface area (Å²) >= 11 is 0. The molecule has 0 fully saturated rings. The van der Waals surface area contributed by atoms with Gasteiger partial charge < -0.3 is 10.1 Å². The molecule has 1 unspecified atom stereocenters. The maximum absolute atomic E-state index is 11.9. The van der Waals surface area contributed by atoms with Crippen molar-refractivity contribution < 1.29 is 13.2 Å². The topological polar surface area (TPSA) is 67.4 Å². The third-order valence-corrected chi connectivity index (χ3v) is 4.11. The third-order valence-electron chi connectivity index (χ3n) is 2.62. The van der Waals surface area contributed by atoms with E-state index in [1.807, 2.05) is 27.7 Å². The maximum atomic E-state index is 11.9. The summed E-state index contributed by atoms with van der Waals surface area (Å²) < 4.78 is 31.5. The quantitative estimate of drug-likeness (QED) is 0.585. The molecular formula is C12H28N2O3S. The van der Waals surface area contributed by atoms with Crippen molar-refractivity contribution in [1.29, 1.82) is 0 Å². The van der Waals surface area contributed by atoms with Crippen LogP contribution in [0.15, 0.2) is 0 Å². The van der Waals surface area contributed by atoms with Gasteiger partial charge in [-0.05, 0) is 18.9 Å². The van der Waals surface area contributed by atoms with Gasteiger partial charge >= 0.3 is 0 Å². The fraction of sp³-hybridized carbons (Fsp3) is 1.00. The molecule has 1 atom stereocenters. The van der Waals surface area contributed by atoms with Crippen molar-refractivity contribution in [1.82, 2.24) is 10.0 Å². The first-order valence-corrected chi connectivity index (χ1v) is 8.16. The number of rotatable bonds is 10. The van der Waals surface area contributed by atoms with Crippen molar-refractivity contribution in [2.75, 3.05) is 26.0 Å². The molecule has 0 bridgehead atoms. The summed E-state index contributed by atoms with van der Waals surface area (Å²) in [5, 5.41) is 3.20. The van der Waals surface area contributed by atoms with E-state index in [2.05, 4.69) is 10.0 Å².